The maximum Gasteiger partial charge on any atom is 0.253 e. The van der Waals surface area contributed by atoms with Gasteiger partial charge in [0.2, 0.25) is 0 Å². The minimum Gasteiger partial charge on any atom is -0.345 e. The summed E-state index contributed by atoms with van der Waals surface area (Å²) in [6.45, 7) is 1.87. The van der Waals surface area contributed by atoms with E-state index in [1.807, 2.05) is 0 Å². The molecular weight excluding hydrogens is 231 g/mol. The molecule has 0 spiro atoms. The molecule has 98 valence electrons. The fraction of sp³-hybridized carbons (Fsp3) is 0.500. The third-order valence-electron chi connectivity index (χ3n) is 3.43. The SMILES string of the molecule is CN(C)C(=O)c1ccc(C2CCNCC2)c(F)c1. The molecule has 1 saturated heterocycles. The largest absolute Gasteiger partial charge is 0.345 e. The summed E-state index contributed by atoms with van der Waals surface area (Å²) in [6.07, 6.45) is 1.91. The van der Waals surface area contributed by atoms with Crippen molar-refractivity contribution in [2.75, 3.05) is 27.2 Å². The summed E-state index contributed by atoms with van der Waals surface area (Å²) >= 11 is 0. The molecule has 0 saturated carbocycles. The predicted octanol–water partition coefficient (Wildman–Crippen LogP) is 1.99. The number of hydrogen-bond acceptors (Lipinski definition) is 2. The van der Waals surface area contributed by atoms with Gasteiger partial charge in [0.05, 0.1) is 0 Å². The van der Waals surface area contributed by atoms with Gasteiger partial charge in [0.1, 0.15) is 5.82 Å². The molecule has 0 aromatic heterocycles. The summed E-state index contributed by atoms with van der Waals surface area (Å²) in [6, 6.07) is 4.85. The number of rotatable bonds is 2. The number of nitrogens with zero attached hydrogens (tertiary/aromatic N) is 1. The maximum absolute atomic E-state index is 14.1. The number of halogens is 1. The van der Waals surface area contributed by atoms with E-state index in [9.17, 15) is 9.18 Å². The summed E-state index contributed by atoms with van der Waals surface area (Å²) in [5, 5.41) is 3.27. The van der Waals surface area contributed by atoms with Crippen LogP contribution in [0.25, 0.3) is 0 Å². The second-order valence-corrected chi connectivity index (χ2v) is 4.96. The van der Waals surface area contributed by atoms with Crippen LogP contribution in [0, 0.1) is 5.82 Å². The smallest absolute Gasteiger partial charge is 0.253 e. The molecule has 1 heterocycles. The molecule has 1 fully saturated rings. The molecule has 0 aliphatic carbocycles. The van der Waals surface area contributed by atoms with E-state index >= 15 is 0 Å². The molecule has 0 atom stereocenters. The van der Waals surface area contributed by atoms with Gasteiger partial charge in [-0.15, -0.1) is 0 Å². The molecule has 1 aromatic carbocycles. The minimum atomic E-state index is -0.255. The molecule has 0 unspecified atom stereocenters. The van der Waals surface area contributed by atoms with Crippen LogP contribution in [0.3, 0.4) is 0 Å². The minimum absolute atomic E-state index is 0.161. The van der Waals surface area contributed by atoms with Crippen molar-refractivity contribution < 1.29 is 9.18 Å². The van der Waals surface area contributed by atoms with Crippen LogP contribution in [0.5, 0.6) is 0 Å². The predicted molar refractivity (Wildman–Crippen MR) is 69.3 cm³/mol. The summed E-state index contributed by atoms with van der Waals surface area (Å²) in [5.41, 5.74) is 1.15. The zero-order valence-electron chi connectivity index (χ0n) is 10.9. The van der Waals surface area contributed by atoms with Crippen LogP contribution < -0.4 is 5.32 Å². The Morgan fingerprint density at radius 1 is 1.33 bits per heavy atom. The van der Waals surface area contributed by atoms with Gasteiger partial charge >= 0.3 is 0 Å². The fourth-order valence-electron chi connectivity index (χ4n) is 2.38. The van der Waals surface area contributed by atoms with E-state index in [4.69, 9.17) is 0 Å². The number of carbonyl (C=O) groups is 1. The first-order chi connectivity index (χ1) is 8.59. The lowest BCUT2D eigenvalue weighted by atomic mass is 9.89. The Morgan fingerprint density at radius 2 is 2.00 bits per heavy atom. The Labute approximate surface area is 107 Å². The lowest BCUT2D eigenvalue weighted by molar-refractivity contribution is 0.0827. The number of nitrogens with one attached hydrogen (secondary N) is 1. The number of benzene rings is 1. The second kappa shape index (κ2) is 5.48. The van der Waals surface area contributed by atoms with E-state index < -0.39 is 0 Å². The zero-order chi connectivity index (χ0) is 13.1. The van der Waals surface area contributed by atoms with Crippen LogP contribution in [-0.2, 0) is 0 Å². The first-order valence-electron chi connectivity index (χ1n) is 6.31. The average molecular weight is 250 g/mol. The molecule has 0 bridgehead atoms. The highest BCUT2D eigenvalue weighted by atomic mass is 19.1. The lowest BCUT2D eigenvalue weighted by Crippen LogP contribution is -2.27. The third kappa shape index (κ3) is 2.70. The molecule has 1 aliphatic heterocycles. The average Bonchev–Trinajstić information content (AvgIpc) is 2.38. The molecule has 2 rings (SSSR count). The van der Waals surface area contributed by atoms with Crippen molar-refractivity contribution in [3.05, 3.63) is 35.1 Å². The van der Waals surface area contributed by atoms with Gasteiger partial charge in [0, 0.05) is 19.7 Å². The van der Waals surface area contributed by atoms with Crippen LogP contribution >= 0.6 is 0 Å². The highest BCUT2D eigenvalue weighted by Gasteiger charge is 2.20. The van der Waals surface area contributed by atoms with Gasteiger partial charge in [-0.2, -0.15) is 0 Å². The van der Waals surface area contributed by atoms with Crippen LogP contribution in [0.1, 0.15) is 34.7 Å². The van der Waals surface area contributed by atoms with Gasteiger partial charge in [-0.1, -0.05) is 6.07 Å². The number of hydrogen-bond donors (Lipinski definition) is 1. The fourth-order valence-corrected chi connectivity index (χ4v) is 2.38. The van der Waals surface area contributed by atoms with Gasteiger partial charge in [-0.25, -0.2) is 4.39 Å². The summed E-state index contributed by atoms with van der Waals surface area (Å²) in [7, 11) is 3.34. The first-order valence-corrected chi connectivity index (χ1v) is 6.31. The monoisotopic (exact) mass is 250 g/mol. The molecule has 18 heavy (non-hydrogen) atoms. The van der Waals surface area contributed by atoms with E-state index in [0.29, 0.717) is 5.56 Å². The Hall–Kier alpha value is -1.42. The Balaban J connectivity index is 2.21. The molecular formula is C14H19FN2O. The third-order valence-corrected chi connectivity index (χ3v) is 3.43. The van der Waals surface area contributed by atoms with Crippen molar-refractivity contribution in [2.24, 2.45) is 0 Å². The van der Waals surface area contributed by atoms with Crippen LogP contribution in [0.15, 0.2) is 18.2 Å². The summed E-state index contributed by atoms with van der Waals surface area (Å²) < 4.78 is 14.1. The van der Waals surface area contributed by atoms with Gasteiger partial charge in [-0.3, -0.25) is 4.79 Å². The zero-order valence-corrected chi connectivity index (χ0v) is 10.9. The van der Waals surface area contributed by atoms with Crippen molar-refractivity contribution in [3.63, 3.8) is 0 Å². The first kappa shape index (κ1) is 13.0. The molecule has 3 nitrogen and oxygen atoms in total. The van der Waals surface area contributed by atoms with Crippen LogP contribution in [0.4, 0.5) is 4.39 Å². The van der Waals surface area contributed by atoms with E-state index in [1.165, 1.54) is 11.0 Å². The maximum atomic E-state index is 14.1. The van der Waals surface area contributed by atoms with Crippen molar-refractivity contribution >= 4 is 5.91 Å². The summed E-state index contributed by atoms with van der Waals surface area (Å²) in [5.74, 6) is -0.143. The van der Waals surface area contributed by atoms with Crippen LogP contribution in [-0.4, -0.2) is 38.0 Å². The van der Waals surface area contributed by atoms with Crippen molar-refractivity contribution in [2.45, 2.75) is 18.8 Å². The molecule has 1 aromatic rings. The van der Waals surface area contributed by atoms with E-state index in [2.05, 4.69) is 5.32 Å². The van der Waals surface area contributed by atoms with Crippen molar-refractivity contribution in [3.8, 4) is 0 Å². The standard InChI is InChI=1S/C14H19FN2O/c1-17(2)14(18)11-3-4-12(13(15)9-11)10-5-7-16-8-6-10/h3-4,9-10,16H,5-8H2,1-2H3. The Morgan fingerprint density at radius 3 is 2.56 bits per heavy atom. The second-order valence-electron chi connectivity index (χ2n) is 4.96. The van der Waals surface area contributed by atoms with Gasteiger partial charge in [0.15, 0.2) is 0 Å². The van der Waals surface area contributed by atoms with Crippen molar-refractivity contribution in [1.29, 1.82) is 0 Å². The molecule has 1 N–H and O–H groups in total. The molecule has 0 radical (unpaired) electrons. The van der Waals surface area contributed by atoms with E-state index in [0.717, 1.165) is 31.5 Å². The number of carbonyl (C=O) groups excluding carboxylic acids is 1. The Bertz CT molecular complexity index is 439. The molecule has 1 amide bonds. The molecule has 4 heteroatoms. The number of amides is 1. The van der Waals surface area contributed by atoms with E-state index in [-0.39, 0.29) is 17.6 Å². The number of piperidine rings is 1. The molecule has 1 aliphatic rings. The van der Waals surface area contributed by atoms with Crippen LogP contribution in [0.2, 0.25) is 0 Å². The van der Waals surface area contributed by atoms with Crippen molar-refractivity contribution in [1.82, 2.24) is 10.2 Å². The van der Waals surface area contributed by atoms with Gasteiger partial charge in [-0.05, 0) is 49.5 Å². The highest BCUT2D eigenvalue weighted by Crippen LogP contribution is 2.28. The normalized spacial score (nSPS) is 16.6. The van der Waals surface area contributed by atoms with Gasteiger partial charge in [0.25, 0.3) is 5.91 Å². The van der Waals surface area contributed by atoms with Gasteiger partial charge < -0.3 is 10.2 Å². The summed E-state index contributed by atoms with van der Waals surface area (Å²) in [4.78, 5) is 13.2. The quantitative estimate of drug-likeness (QED) is 0.870. The highest BCUT2D eigenvalue weighted by molar-refractivity contribution is 5.93. The topological polar surface area (TPSA) is 32.3 Å². The Kier molecular flexibility index (Phi) is 3.97. The lowest BCUT2D eigenvalue weighted by Gasteiger charge is -2.23. The van der Waals surface area contributed by atoms with E-state index in [1.54, 1.807) is 26.2 Å².